The first kappa shape index (κ1) is 70.0. The van der Waals surface area contributed by atoms with E-state index in [4.69, 9.17) is 0 Å². The zero-order chi connectivity index (χ0) is 70.5. The van der Waals surface area contributed by atoms with Gasteiger partial charge in [0.15, 0.2) is 0 Å². The number of fused-ring (bicyclic) bond motifs is 18. The molecule has 0 radical (unpaired) electrons. The highest BCUT2D eigenvalue weighted by atomic mass is 32.1. The molecule has 10 aromatic carbocycles. The molecule has 0 amide bonds. The summed E-state index contributed by atoms with van der Waals surface area (Å²) in [6.45, 7) is 19.7. The SMILES string of the molecule is CCCCCCCCC1(CCCCCCCC)c2cc3c(cc2-c2cc4c(cc21)-c1cc2c(cc1C4(CCCCCCCC)CCCCCCCC)-c1c(cc(-c4ccc5sc6ccccc6c5c4)c4ccccc14)C2(C)C)C(C)(C)C=C3c1ccccc1Cc1ccc2sc3ccccc3c2c1. The molecule has 2 heteroatoms. The van der Waals surface area contributed by atoms with Crippen LogP contribution in [0.4, 0.5) is 0 Å². The van der Waals surface area contributed by atoms with E-state index in [9.17, 15) is 0 Å². The second kappa shape index (κ2) is 29.5. The summed E-state index contributed by atoms with van der Waals surface area (Å²) in [5.41, 5.74) is 29.5. The van der Waals surface area contributed by atoms with E-state index in [1.165, 1.54) is 298 Å². The highest BCUT2D eigenvalue weighted by Gasteiger charge is 2.51. The molecule has 2 heterocycles. The van der Waals surface area contributed by atoms with Crippen LogP contribution in [0, 0.1) is 0 Å². The van der Waals surface area contributed by atoms with Gasteiger partial charge >= 0.3 is 0 Å². The molecule has 12 aromatic rings. The van der Waals surface area contributed by atoms with Crippen LogP contribution in [0.3, 0.4) is 0 Å². The third-order valence-electron chi connectivity index (χ3n) is 25.9. The molecular formula is C101H112S2. The van der Waals surface area contributed by atoms with E-state index >= 15 is 0 Å². The number of hydrogen-bond donors (Lipinski definition) is 0. The molecule has 0 saturated heterocycles. The van der Waals surface area contributed by atoms with E-state index in [-0.39, 0.29) is 21.7 Å². The van der Waals surface area contributed by atoms with Gasteiger partial charge in [-0.3, -0.25) is 0 Å². The predicted octanol–water partition coefficient (Wildman–Crippen LogP) is 31.4. The van der Waals surface area contributed by atoms with Crippen molar-refractivity contribution in [1.82, 2.24) is 0 Å². The number of benzene rings is 10. The van der Waals surface area contributed by atoms with Crippen molar-refractivity contribution in [1.29, 1.82) is 0 Å². The number of rotatable bonds is 32. The van der Waals surface area contributed by atoms with Crippen LogP contribution in [0.2, 0.25) is 0 Å². The lowest BCUT2D eigenvalue weighted by Gasteiger charge is -2.35. The lowest BCUT2D eigenvalue weighted by atomic mass is 9.68. The average Bonchev–Trinajstić information content (AvgIpc) is 1.51. The van der Waals surface area contributed by atoms with Crippen LogP contribution < -0.4 is 0 Å². The molecule has 16 rings (SSSR count). The van der Waals surface area contributed by atoms with Gasteiger partial charge in [0.1, 0.15) is 0 Å². The van der Waals surface area contributed by atoms with Crippen LogP contribution in [0.15, 0.2) is 182 Å². The molecule has 0 N–H and O–H groups in total. The molecule has 4 aliphatic carbocycles. The standard InChI is InChI=1S/C101H112S2/c1-9-13-17-21-25-37-53-100(54-38-26-22-18-14-10-2)88-64-80-78-62-87-84(97-75-46-32-31-43-72(75)76(60-92(97)99(87,7)8)70-50-52-96-83(59-70)74-45-34-36-48-94(74)103-96)66-91(78)101(55-39-27-23-19-15-11-3,56-40-28-24-20-16-12-4)89(80)63-79(88)77-61-86-81(65-90(77)100)85(67-98(86,5)6)71-42-30-29-41-69(71)57-68-49-51-95-82(58-68)73-44-33-35-47-93(73)102-95/h29-36,41-52,58-67H,9-28,37-40,53-57H2,1-8H3. The molecule has 0 aliphatic heterocycles. The summed E-state index contributed by atoms with van der Waals surface area (Å²) in [5.74, 6) is 0. The largest absolute Gasteiger partial charge is 0.135 e. The van der Waals surface area contributed by atoms with Crippen molar-refractivity contribution in [2.24, 2.45) is 0 Å². The first-order valence-electron chi connectivity index (χ1n) is 41.2. The third kappa shape index (κ3) is 12.6. The summed E-state index contributed by atoms with van der Waals surface area (Å²) in [4.78, 5) is 0. The van der Waals surface area contributed by atoms with Crippen LogP contribution in [0.1, 0.15) is 296 Å². The summed E-state index contributed by atoms with van der Waals surface area (Å²) in [5, 5.41) is 8.26. The maximum atomic E-state index is 2.94. The second-order valence-electron chi connectivity index (χ2n) is 33.4. The average molecular weight is 1390 g/mol. The Kier molecular flexibility index (Phi) is 20.1. The fourth-order valence-corrected chi connectivity index (χ4v) is 22.6. The van der Waals surface area contributed by atoms with E-state index in [1.807, 2.05) is 22.7 Å². The Labute approximate surface area is 625 Å². The van der Waals surface area contributed by atoms with Crippen LogP contribution in [0.25, 0.3) is 101 Å². The molecule has 103 heavy (non-hydrogen) atoms. The molecule has 4 aliphatic rings. The fourth-order valence-electron chi connectivity index (χ4n) is 20.4. The van der Waals surface area contributed by atoms with Crippen molar-refractivity contribution in [2.75, 3.05) is 0 Å². The van der Waals surface area contributed by atoms with E-state index in [0.717, 1.165) is 6.42 Å². The molecule has 0 atom stereocenters. The zero-order valence-corrected chi connectivity index (χ0v) is 65.3. The van der Waals surface area contributed by atoms with Crippen molar-refractivity contribution in [3.05, 3.63) is 243 Å². The smallest absolute Gasteiger partial charge is 0.0355 e. The van der Waals surface area contributed by atoms with Gasteiger partial charge < -0.3 is 0 Å². The van der Waals surface area contributed by atoms with Crippen molar-refractivity contribution < 1.29 is 0 Å². The highest BCUT2D eigenvalue weighted by molar-refractivity contribution is 7.26. The van der Waals surface area contributed by atoms with Crippen molar-refractivity contribution in [2.45, 2.75) is 263 Å². The van der Waals surface area contributed by atoms with E-state index in [1.54, 1.807) is 44.5 Å². The third-order valence-corrected chi connectivity index (χ3v) is 28.2. The maximum Gasteiger partial charge on any atom is 0.0355 e. The molecule has 0 bridgehead atoms. The molecule has 0 nitrogen and oxygen atoms in total. The quantitative estimate of drug-likeness (QED) is 0.0369. The molecule has 0 fully saturated rings. The van der Waals surface area contributed by atoms with Gasteiger partial charge in [-0.15, -0.1) is 22.7 Å². The minimum atomic E-state index is -0.225. The lowest BCUT2D eigenvalue weighted by molar-refractivity contribution is 0.394. The summed E-state index contributed by atoms with van der Waals surface area (Å²) in [6.07, 6.45) is 39.8. The number of thiophene rings is 2. The van der Waals surface area contributed by atoms with Gasteiger partial charge in [-0.05, 0) is 233 Å². The Bertz CT molecular complexity index is 5130. The zero-order valence-electron chi connectivity index (χ0n) is 63.6. The van der Waals surface area contributed by atoms with Gasteiger partial charge in [-0.1, -0.05) is 313 Å². The van der Waals surface area contributed by atoms with Gasteiger partial charge in [0.25, 0.3) is 0 Å². The highest BCUT2D eigenvalue weighted by Crippen LogP contribution is 2.65. The fraction of sp³-hybridized carbons (Fsp3) is 0.406. The first-order chi connectivity index (χ1) is 50.4. The van der Waals surface area contributed by atoms with E-state index in [2.05, 4.69) is 237 Å². The van der Waals surface area contributed by atoms with Crippen LogP contribution in [0.5, 0.6) is 0 Å². The Morgan fingerprint density at radius 1 is 0.282 bits per heavy atom. The normalized spacial score (nSPS) is 15.3. The van der Waals surface area contributed by atoms with Crippen molar-refractivity contribution in [3.8, 4) is 44.5 Å². The van der Waals surface area contributed by atoms with E-state index < -0.39 is 0 Å². The predicted molar refractivity (Wildman–Crippen MR) is 453 cm³/mol. The molecular weight excluding hydrogens is 1280 g/mol. The van der Waals surface area contributed by atoms with Crippen molar-refractivity contribution in [3.63, 3.8) is 0 Å². The van der Waals surface area contributed by atoms with Crippen LogP contribution in [-0.2, 0) is 28.1 Å². The van der Waals surface area contributed by atoms with Gasteiger partial charge in [-0.2, -0.15) is 0 Å². The van der Waals surface area contributed by atoms with Gasteiger partial charge in [0.05, 0.1) is 0 Å². The van der Waals surface area contributed by atoms with E-state index in [0.29, 0.717) is 0 Å². The number of hydrogen-bond acceptors (Lipinski definition) is 2. The Morgan fingerprint density at radius 2 is 0.680 bits per heavy atom. The Morgan fingerprint density at radius 3 is 1.21 bits per heavy atom. The molecule has 0 spiro atoms. The van der Waals surface area contributed by atoms with Gasteiger partial charge in [0, 0.05) is 62.0 Å². The van der Waals surface area contributed by atoms with Crippen molar-refractivity contribution >= 4 is 79.4 Å². The number of unbranched alkanes of at least 4 members (excludes halogenated alkanes) is 20. The summed E-state index contributed by atoms with van der Waals surface area (Å²) in [7, 11) is 0. The minimum Gasteiger partial charge on any atom is -0.135 e. The summed E-state index contributed by atoms with van der Waals surface area (Å²) < 4.78 is 5.48. The van der Waals surface area contributed by atoms with Gasteiger partial charge in [0.2, 0.25) is 0 Å². The topological polar surface area (TPSA) is 0 Å². The first-order valence-corrected chi connectivity index (χ1v) is 42.8. The lowest BCUT2D eigenvalue weighted by Crippen LogP contribution is -2.27. The monoisotopic (exact) mass is 1390 g/mol. The summed E-state index contributed by atoms with van der Waals surface area (Å²) in [6, 6.07) is 71.5. The minimum absolute atomic E-state index is 0.106. The molecule has 2 aromatic heterocycles. The molecule has 0 saturated carbocycles. The second-order valence-corrected chi connectivity index (χ2v) is 35.6. The maximum absolute atomic E-state index is 2.94. The summed E-state index contributed by atoms with van der Waals surface area (Å²) >= 11 is 3.84. The molecule has 528 valence electrons. The Hall–Kier alpha value is -7.36. The Balaban J connectivity index is 0.882. The van der Waals surface area contributed by atoms with Crippen LogP contribution >= 0.6 is 22.7 Å². The van der Waals surface area contributed by atoms with Crippen LogP contribution in [-0.4, -0.2) is 0 Å². The van der Waals surface area contributed by atoms with Gasteiger partial charge in [-0.25, -0.2) is 0 Å². The molecule has 0 unspecified atom stereocenters. The number of allylic oxidation sites excluding steroid dienone is 1.